The molecule has 0 aliphatic rings. The summed E-state index contributed by atoms with van der Waals surface area (Å²) in [5.41, 5.74) is 1.48. The Balaban J connectivity index is 1.60. The van der Waals surface area contributed by atoms with Crippen LogP contribution >= 0.6 is 0 Å². The Morgan fingerprint density at radius 1 is 1.08 bits per heavy atom. The van der Waals surface area contributed by atoms with Crippen LogP contribution in [0.25, 0.3) is 10.8 Å². The number of carbonyl (C=O) groups is 1. The van der Waals surface area contributed by atoms with Crippen LogP contribution in [0.15, 0.2) is 60.7 Å². The number of phenols is 1. The first-order valence-corrected chi connectivity index (χ1v) is 8.39. The molecular formula is C21H21NO4. The lowest BCUT2D eigenvalue weighted by molar-refractivity contribution is -0.129. The van der Waals surface area contributed by atoms with Crippen molar-refractivity contribution in [3.63, 3.8) is 0 Å². The Morgan fingerprint density at radius 2 is 1.85 bits per heavy atom. The van der Waals surface area contributed by atoms with E-state index >= 15 is 0 Å². The van der Waals surface area contributed by atoms with Gasteiger partial charge in [-0.2, -0.15) is 0 Å². The van der Waals surface area contributed by atoms with E-state index in [0.29, 0.717) is 24.3 Å². The third kappa shape index (κ3) is 3.95. The number of hydrogen-bond donors (Lipinski definition) is 3. The van der Waals surface area contributed by atoms with Gasteiger partial charge in [-0.1, -0.05) is 42.5 Å². The third-order valence-electron chi connectivity index (χ3n) is 4.29. The highest BCUT2D eigenvalue weighted by Gasteiger charge is 2.17. The van der Waals surface area contributed by atoms with Crippen LogP contribution in [-0.4, -0.2) is 29.8 Å². The molecule has 0 radical (unpaired) electrons. The molecule has 26 heavy (non-hydrogen) atoms. The summed E-state index contributed by atoms with van der Waals surface area (Å²) in [6, 6.07) is 18.3. The Morgan fingerprint density at radius 3 is 2.62 bits per heavy atom. The lowest BCUT2D eigenvalue weighted by Gasteiger charge is -2.13. The van der Waals surface area contributed by atoms with Crippen molar-refractivity contribution in [3.8, 4) is 11.5 Å². The van der Waals surface area contributed by atoms with E-state index in [1.165, 1.54) is 7.11 Å². The van der Waals surface area contributed by atoms with Crippen molar-refractivity contribution in [1.29, 1.82) is 0 Å². The molecule has 0 saturated carbocycles. The number of aromatic hydroxyl groups is 1. The molecule has 3 rings (SSSR count). The van der Waals surface area contributed by atoms with Crippen LogP contribution in [0.5, 0.6) is 11.5 Å². The van der Waals surface area contributed by atoms with Crippen LogP contribution in [0.3, 0.4) is 0 Å². The summed E-state index contributed by atoms with van der Waals surface area (Å²) in [7, 11) is 1.49. The quantitative estimate of drug-likeness (QED) is 0.638. The fourth-order valence-corrected chi connectivity index (χ4v) is 2.83. The predicted molar refractivity (Wildman–Crippen MR) is 100 cm³/mol. The summed E-state index contributed by atoms with van der Waals surface area (Å²) in [5, 5.41) is 24.7. The average molecular weight is 351 g/mol. The molecule has 0 unspecified atom stereocenters. The number of nitrogens with one attached hydrogen (secondary N) is 1. The highest BCUT2D eigenvalue weighted by Crippen LogP contribution is 2.26. The minimum Gasteiger partial charge on any atom is -0.504 e. The molecule has 0 fully saturated rings. The zero-order valence-electron chi connectivity index (χ0n) is 14.5. The van der Waals surface area contributed by atoms with Gasteiger partial charge in [0.05, 0.1) is 7.11 Å². The largest absolute Gasteiger partial charge is 0.504 e. The second kappa shape index (κ2) is 7.89. The molecule has 0 aliphatic carbocycles. The first-order chi connectivity index (χ1) is 12.6. The van der Waals surface area contributed by atoms with E-state index < -0.39 is 12.0 Å². The molecule has 3 aromatic carbocycles. The molecule has 5 heteroatoms. The Bertz CT molecular complexity index is 923. The van der Waals surface area contributed by atoms with Gasteiger partial charge < -0.3 is 20.3 Å². The van der Waals surface area contributed by atoms with Crippen molar-refractivity contribution in [3.05, 3.63) is 71.8 Å². The molecule has 1 atom stereocenters. The van der Waals surface area contributed by atoms with E-state index in [-0.39, 0.29) is 5.75 Å². The Hall–Kier alpha value is -3.05. The van der Waals surface area contributed by atoms with Gasteiger partial charge in [0, 0.05) is 6.54 Å². The van der Waals surface area contributed by atoms with Crippen LogP contribution in [0.2, 0.25) is 0 Å². The van der Waals surface area contributed by atoms with Crippen molar-refractivity contribution in [1.82, 2.24) is 5.32 Å². The van der Waals surface area contributed by atoms with Crippen LogP contribution < -0.4 is 10.1 Å². The van der Waals surface area contributed by atoms with Crippen molar-refractivity contribution >= 4 is 16.7 Å². The van der Waals surface area contributed by atoms with Crippen LogP contribution in [0.1, 0.15) is 17.2 Å². The molecule has 3 N–H and O–H groups in total. The SMILES string of the molecule is COc1cc(CCNC(=O)[C@H](O)c2ccc3ccccc3c2)ccc1O. The molecule has 134 valence electrons. The summed E-state index contributed by atoms with van der Waals surface area (Å²) in [6.45, 7) is 0.372. The van der Waals surface area contributed by atoms with Gasteiger partial charge in [0.2, 0.25) is 0 Å². The van der Waals surface area contributed by atoms with Crippen LogP contribution in [0.4, 0.5) is 0 Å². The zero-order chi connectivity index (χ0) is 18.5. The lowest BCUT2D eigenvalue weighted by Crippen LogP contribution is -2.30. The molecule has 0 aliphatic heterocycles. The second-order valence-electron chi connectivity index (χ2n) is 6.06. The van der Waals surface area contributed by atoms with E-state index in [1.54, 1.807) is 24.3 Å². The number of aliphatic hydroxyl groups excluding tert-OH is 1. The van der Waals surface area contributed by atoms with Crippen LogP contribution in [0, 0.1) is 0 Å². The van der Waals surface area contributed by atoms with Gasteiger partial charge in [-0.05, 0) is 46.5 Å². The molecule has 0 heterocycles. The second-order valence-corrected chi connectivity index (χ2v) is 6.06. The molecule has 0 spiro atoms. The maximum absolute atomic E-state index is 12.2. The lowest BCUT2D eigenvalue weighted by atomic mass is 10.0. The number of rotatable bonds is 6. The monoisotopic (exact) mass is 351 g/mol. The predicted octanol–water partition coefficient (Wildman–Crippen LogP) is 2.95. The van der Waals surface area contributed by atoms with Crippen molar-refractivity contribution in [2.75, 3.05) is 13.7 Å². The maximum atomic E-state index is 12.2. The summed E-state index contributed by atoms with van der Waals surface area (Å²) < 4.78 is 5.07. The molecule has 3 aromatic rings. The molecule has 5 nitrogen and oxygen atoms in total. The van der Waals surface area contributed by atoms with Crippen molar-refractivity contribution in [2.45, 2.75) is 12.5 Å². The van der Waals surface area contributed by atoms with E-state index in [2.05, 4.69) is 5.32 Å². The van der Waals surface area contributed by atoms with Crippen molar-refractivity contribution in [2.24, 2.45) is 0 Å². The van der Waals surface area contributed by atoms with E-state index in [4.69, 9.17) is 4.74 Å². The summed E-state index contributed by atoms with van der Waals surface area (Å²) in [6.07, 6.45) is -0.652. The topological polar surface area (TPSA) is 78.8 Å². The minimum absolute atomic E-state index is 0.0759. The smallest absolute Gasteiger partial charge is 0.253 e. The normalized spacial score (nSPS) is 11.9. The maximum Gasteiger partial charge on any atom is 0.253 e. The van der Waals surface area contributed by atoms with Gasteiger partial charge in [-0.25, -0.2) is 0 Å². The number of phenolic OH excluding ortho intramolecular Hbond substituents is 1. The third-order valence-corrected chi connectivity index (χ3v) is 4.29. The molecule has 0 saturated heterocycles. The van der Waals surface area contributed by atoms with Gasteiger partial charge in [0.25, 0.3) is 5.91 Å². The molecule has 0 aromatic heterocycles. The van der Waals surface area contributed by atoms with Gasteiger partial charge in [-0.3, -0.25) is 4.79 Å². The number of carbonyl (C=O) groups excluding carboxylic acids is 1. The molecular weight excluding hydrogens is 330 g/mol. The van der Waals surface area contributed by atoms with Gasteiger partial charge in [-0.15, -0.1) is 0 Å². The number of amides is 1. The standard InChI is InChI=1S/C21H21NO4/c1-26-19-12-14(6-9-18(19)23)10-11-22-21(25)20(24)17-8-7-15-4-2-3-5-16(15)13-17/h2-9,12-13,20,23-24H,10-11H2,1H3,(H,22,25)/t20-/m1/s1. The van der Waals surface area contributed by atoms with E-state index in [0.717, 1.165) is 16.3 Å². The number of aliphatic hydroxyl groups is 1. The first kappa shape index (κ1) is 17.8. The van der Waals surface area contributed by atoms with Crippen molar-refractivity contribution < 1.29 is 19.7 Å². The average Bonchev–Trinajstić information content (AvgIpc) is 2.68. The van der Waals surface area contributed by atoms with Gasteiger partial charge in [0.1, 0.15) is 0 Å². The summed E-state index contributed by atoms with van der Waals surface area (Å²) in [4.78, 5) is 12.2. The highest BCUT2D eigenvalue weighted by atomic mass is 16.5. The molecule has 1 amide bonds. The fraction of sp³-hybridized carbons (Fsp3) is 0.190. The van der Waals surface area contributed by atoms with Crippen LogP contribution in [-0.2, 0) is 11.2 Å². The highest BCUT2D eigenvalue weighted by molar-refractivity contribution is 5.86. The van der Waals surface area contributed by atoms with Gasteiger partial charge in [0.15, 0.2) is 17.6 Å². The molecule has 0 bridgehead atoms. The summed E-state index contributed by atoms with van der Waals surface area (Å²) >= 11 is 0. The Labute approximate surface area is 151 Å². The number of fused-ring (bicyclic) bond motifs is 1. The zero-order valence-corrected chi connectivity index (χ0v) is 14.5. The number of benzene rings is 3. The Kier molecular flexibility index (Phi) is 5.39. The summed E-state index contributed by atoms with van der Waals surface area (Å²) in [5.74, 6) is 0.0306. The number of hydrogen-bond acceptors (Lipinski definition) is 4. The van der Waals surface area contributed by atoms with E-state index in [1.807, 2.05) is 36.4 Å². The van der Waals surface area contributed by atoms with Gasteiger partial charge >= 0.3 is 0 Å². The first-order valence-electron chi connectivity index (χ1n) is 8.39. The number of ether oxygens (including phenoxy) is 1. The number of methoxy groups -OCH3 is 1. The minimum atomic E-state index is -1.21. The fourth-order valence-electron chi connectivity index (χ4n) is 2.83. The van der Waals surface area contributed by atoms with E-state index in [9.17, 15) is 15.0 Å².